The van der Waals surface area contributed by atoms with E-state index in [0.29, 0.717) is 47.1 Å². The third-order valence-corrected chi connectivity index (χ3v) is 5.39. The Labute approximate surface area is 199 Å². The van der Waals surface area contributed by atoms with E-state index in [4.69, 9.17) is 4.94 Å². The Balaban J connectivity index is 1.24. The summed E-state index contributed by atoms with van der Waals surface area (Å²) in [5.74, 6) is 1.23. The van der Waals surface area contributed by atoms with Gasteiger partial charge in [-0.15, -0.1) is 9.46 Å². The summed E-state index contributed by atoms with van der Waals surface area (Å²) < 4.78 is 2.90. The van der Waals surface area contributed by atoms with E-state index >= 15 is 0 Å². The molecule has 4 aromatic heterocycles. The quantitative estimate of drug-likeness (QED) is 0.350. The van der Waals surface area contributed by atoms with Gasteiger partial charge in [0.15, 0.2) is 22.7 Å². The van der Waals surface area contributed by atoms with Crippen molar-refractivity contribution in [3.8, 4) is 0 Å². The Bertz CT molecular complexity index is 1460. The van der Waals surface area contributed by atoms with Crippen molar-refractivity contribution in [3.63, 3.8) is 0 Å². The number of imidazole rings is 2. The fourth-order valence-corrected chi connectivity index (χ4v) is 3.67. The smallest absolute Gasteiger partial charge is 0.204 e. The number of fused-ring (bicyclic) bond motifs is 2. The molecule has 0 fully saturated rings. The first-order valence-corrected chi connectivity index (χ1v) is 11.0. The molecule has 0 aliphatic heterocycles. The van der Waals surface area contributed by atoms with Crippen LogP contribution < -0.4 is 15.6 Å². The van der Waals surface area contributed by atoms with Crippen molar-refractivity contribution in [2.75, 3.05) is 10.6 Å². The lowest BCUT2D eigenvalue weighted by Gasteiger charge is -2.08. The summed E-state index contributed by atoms with van der Waals surface area (Å²) in [5, 5.41) is 6.62. The summed E-state index contributed by atoms with van der Waals surface area (Å²) in [4.78, 5) is 32.2. The normalized spacial score (nSPS) is 11.1. The maximum atomic E-state index is 5.99. The molecule has 6 rings (SSSR count). The summed E-state index contributed by atoms with van der Waals surface area (Å²) in [5.41, 5.74) is 4.47. The molecule has 11 heteroatoms. The first kappa shape index (κ1) is 20.5. The lowest BCUT2D eigenvalue weighted by atomic mass is 10.2. The van der Waals surface area contributed by atoms with Gasteiger partial charge >= 0.3 is 0 Å². The molecule has 2 N–H and O–H groups in total. The summed E-state index contributed by atoms with van der Waals surface area (Å²) >= 11 is 0. The highest BCUT2D eigenvalue weighted by molar-refractivity contribution is 5.83. The van der Waals surface area contributed by atoms with Gasteiger partial charge in [-0.3, -0.25) is 4.94 Å². The van der Waals surface area contributed by atoms with Crippen LogP contribution in [0.2, 0.25) is 0 Å². The zero-order valence-electron chi connectivity index (χ0n) is 18.5. The molecule has 0 aliphatic carbocycles. The van der Waals surface area contributed by atoms with Gasteiger partial charge in [0, 0.05) is 13.1 Å². The first-order valence-electron chi connectivity index (χ1n) is 11.0. The second-order valence-electron chi connectivity index (χ2n) is 7.69. The van der Waals surface area contributed by atoms with E-state index in [1.54, 1.807) is 0 Å². The van der Waals surface area contributed by atoms with Crippen LogP contribution in [0.15, 0.2) is 86.0 Å². The molecule has 4 heterocycles. The average Bonchev–Trinajstić information content (AvgIpc) is 3.53. The number of nitrogens with one attached hydrogen (secondary N) is 2. The molecule has 35 heavy (non-hydrogen) atoms. The number of rotatable bonds is 8. The van der Waals surface area contributed by atoms with E-state index in [1.807, 2.05) is 60.7 Å². The topological polar surface area (TPSA) is 120 Å². The Morgan fingerprint density at radius 1 is 0.571 bits per heavy atom. The van der Waals surface area contributed by atoms with E-state index in [0.717, 1.165) is 11.1 Å². The molecule has 0 spiro atoms. The molecule has 0 amide bonds. The van der Waals surface area contributed by atoms with Gasteiger partial charge in [-0.1, -0.05) is 60.7 Å². The average molecular weight is 464 g/mol. The summed E-state index contributed by atoms with van der Waals surface area (Å²) in [6.45, 7) is 1.23. The lowest BCUT2D eigenvalue weighted by molar-refractivity contribution is 0.0475. The van der Waals surface area contributed by atoms with Crippen molar-refractivity contribution in [1.29, 1.82) is 0 Å². The highest BCUT2D eigenvalue weighted by atomic mass is 16.8. The molecule has 0 bridgehead atoms. The Morgan fingerprint density at radius 3 is 1.49 bits per heavy atom. The van der Waals surface area contributed by atoms with Crippen molar-refractivity contribution in [2.24, 2.45) is 0 Å². The van der Waals surface area contributed by atoms with Crippen molar-refractivity contribution in [3.05, 3.63) is 97.1 Å². The monoisotopic (exact) mass is 464 g/mol. The van der Waals surface area contributed by atoms with Crippen LogP contribution in [0.25, 0.3) is 22.3 Å². The molecular formula is C24H20N10O. The predicted molar refractivity (Wildman–Crippen MR) is 130 cm³/mol. The standard InChI is InChI=1S/C24H20N10O/c1-3-7-17(8-4-1)11-25-21-19-23(29-13-27-21)33(15-31-19)35-34-16-32-20-22(28-14-30-24(20)34)26-12-18-9-5-2-6-10-18/h1-10,13-16H,11-12H2,(H,25,27,29)(H,26,28,30). The second-order valence-corrected chi connectivity index (χ2v) is 7.69. The fourth-order valence-electron chi connectivity index (χ4n) is 3.67. The lowest BCUT2D eigenvalue weighted by Crippen LogP contribution is -2.17. The minimum Gasteiger partial charge on any atom is -0.364 e. The van der Waals surface area contributed by atoms with Crippen LogP contribution in [0.5, 0.6) is 0 Å². The summed E-state index contributed by atoms with van der Waals surface area (Å²) in [6.07, 6.45) is 6.01. The molecule has 0 unspecified atom stereocenters. The number of hydrogen-bond donors (Lipinski definition) is 2. The summed E-state index contributed by atoms with van der Waals surface area (Å²) in [7, 11) is 0. The molecule has 0 radical (unpaired) electrons. The van der Waals surface area contributed by atoms with Crippen LogP contribution in [0.1, 0.15) is 11.1 Å². The van der Waals surface area contributed by atoms with Gasteiger partial charge in [-0.2, -0.15) is 0 Å². The van der Waals surface area contributed by atoms with Crippen LogP contribution in [0.3, 0.4) is 0 Å². The van der Waals surface area contributed by atoms with Crippen LogP contribution in [-0.2, 0) is 13.1 Å². The van der Waals surface area contributed by atoms with E-state index in [2.05, 4.69) is 40.5 Å². The zero-order valence-corrected chi connectivity index (χ0v) is 18.5. The van der Waals surface area contributed by atoms with Gasteiger partial charge in [0.1, 0.15) is 25.3 Å². The molecule has 2 aromatic carbocycles. The Kier molecular flexibility index (Phi) is 5.32. The largest absolute Gasteiger partial charge is 0.364 e. The van der Waals surface area contributed by atoms with Gasteiger partial charge in [-0.25, -0.2) is 29.9 Å². The third-order valence-electron chi connectivity index (χ3n) is 5.39. The van der Waals surface area contributed by atoms with Gasteiger partial charge in [0.2, 0.25) is 11.3 Å². The molecule has 0 aliphatic rings. The maximum Gasteiger partial charge on any atom is 0.204 e. The molecule has 0 saturated carbocycles. The van der Waals surface area contributed by atoms with Crippen LogP contribution in [0.4, 0.5) is 11.6 Å². The second kappa shape index (κ2) is 9.06. The Morgan fingerprint density at radius 2 is 1.03 bits per heavy atom. The van der Waals surface area contributed by atoms with Gasteiger partial charge < -0.3 is 10.6 Å². The van der Waals surface area contributed by atoms with Crippen molar-refractivity contribution in [2.45, 2.75) is 13.1 Å². The van der Waals surface area contributed by atoms with Gasteiger partial charge in [0.05, 0.1) is 0 Å². The SMILES string of the molecule is c1ccc(CNc2ncnc3c2ncn3On2cnc3c(NCc4ccccc4)ncnc32)cc1. The Hall–Kier alpha value is -5.06. The van der Waals surface area contributed by atoms with Crippen molar-refractivity contribution < 1.29 is 4.94 Å². The minimum absolute atomic E-state index is 0.508. The number of anilines is 2. The van der Waals surface area contributed by atoms with Crippen LogP contribution in [0, 0.1) is 0 Å². The van der Waals surface area contributed by atoms with Crippen molar-refractivity contribution in [1.82, 2.24) is 39.4 Å². The van der Waals surface area contributed by atoms with Crippen LogP contribution >= 0.6 is 0 Å². The third kappa shape index (κ3) is 4.17. The molecule has 11 nitrogen and oxygen atoms in total. The van der Waals surface area contributed by atoms with Gasteiger partial charge in [0.25, 0.3) is 0 Å². The molecule has 172 valence electrons. The number of aromatic nitrogens is 8. The van der Waals surface area contributed by atoms with Crippen molar-refractivity contribution >= 4 is 34.0 Å². The molecule has 6 aromatic rings. The van der Waals surface area contributed by atoms with E-state index < -0.39 is 0 Å². The zero-order chi connectivity index (χ0) is 23.5. The van der Waals surface area contributed by atoms with E-state index in [9.17, 15) is 0 Å². The molecule has 0 atom stereocenters. The highest BCUT2D eigenvalue weighted by Gasteiger charge is 2.15. The maximum absolute atomic E-state index is 5.99. The van der Waals surface area contributed by atoms with Crippen LogP contribution in [-0.4, -0.2) is 39.4 Å². The van der Waals surface area contributed by atoms with Gasteiger partial charge in [-0.05, 0) is 11.1 Å². The predicted octanol–water partition coefficient (Wildman–Crippen LogP) is 3.08. The first-order chi connectivity index (χ1) is 17.3. The summed E-state index contributed by atoms with van der Waals surface area (Å²) in [6, 6.07) is 20.1. The molecule has 0 saturated heterocycles. The number of nitrogens with zero attached hydrogens (tertiary/aromatic N) is 8. The fraction of sp³-hybridized carbons (Fsp3) is 0.0833. The van der Waals surface area contributed by atoms with E-state index in [1.165, 1.54) is 34.8 Å². The van der Waals surface area contributed by atoms with E-state index in [-0.39, 0.29) is 0 Å². The molecular weight excluding hydrogens is 444 g/mol. The minimum atomic E-state index is 0.508. The number of hydrogen-bond acceptors (Lipinski definition) is 9. The highest BCUT2D eigenvalue weighted by Crippen LogP contribution is 2.20. The number of benzene rings is 2.